The molecule has 0 amide bonds. The lowest BCUT2D eigenvalue weighted by atomic mass is 10.0. The van der Waals surface area contributed by atoms with Crippen LogP contribution in [-0.2, 0) is 16.6 Å². The minimum absolute atomic E-state index is 0.307. The molecular formula is C15H24N2O2S. The normalized spacial score (nSPS) is 19.4. The average molecular weight is 296 g/mol. The van der Waals surface area contributed by atoms with Gasteiger partial charge in [-0.2, -0.15) is 4.31 Å². The molecule has 2 rings (SSSR count). The Balaban J connectivity index is 2.55. The van der Waals surface area contributed by atoms with Crippen LogP contribution in [0.4, 0.5) is 0 Å². The molecule has 0 atom stereocenters. The molecule has 0 spiro atoms. The van der Waals surface area contributed by atoms with Crippen LogP contribution in [0.5, 0.6) is 0 Å². The van der Waals surface area contributed by atoms with E-state index in [2.05, 4.69) is 0 Å². The van der Waals surface area contributed by atoms with Gasteiger partial charge in [0.15, 0.2) is 0 Å². The Morgan fingerprint density at radius 1 is 1.25 bits per heavy atom. The fraction of sp³-hybridized carbons (Fsp3) is 0.600. The van der Waals surface area contributed by atoms with Gasteiger partial charge in [0.25, 0.3) is 0 Å². The Bertz CT molecular complexity index is 621. The molecule has 1 saturated heterocycles. The van der Waals surface area contributed by atoms with Gasteiger partial charge in [0.05, 0.1) is 4.90 Å². The van der Waals surface area contributed by atoms with E-state index in [1.165, 1.54) is 0 Å². The lowest BCUT2D eigenvalue weighted by Gasteiger charge is -2.31. The van der Waals surface area contributed by atoms with Crippen LogP contribution in [0.1, 0.15) is 43.4 Å². The zero-order valence-electron chi connectivity index (χ0n) is 12.7. The van der Waals surface area contributed by atoms with Crippen LogP contribution in [0, 0.1) is 13.8 Å². The zero-order valence-corrected chi connectivity index (χ0v) is 13.5. The molecule has 1 aromatic carbocycles. The summed E-state index contributed by atoms with van der Waals surface area (Å²) in [6.45, 7) is 8.75. The van der Waals surface area contributed by atoms with Gasteiger partial charge in [-0.25, -0.2) is 8.42 Å². The first-order chi connectivity index (χ1) is 9.20. The van der Waals surface area contributed by atoms with Crippen LogP contribution < -0.4 is 5.73 Å². The first-order valence-electron chi connectivity index (χ1n) is 7.03. The molecule has 0 aromatic heterocycles. The predicted molar refractivity (Wildman–Crippen MR) is 81.0 cm³/mol. The summed E-state index contributed by atoms with van der Waals surface area (Å²) < 4.78 is 27.5. The van der Waals surface area contributed by atoms with Crippen molar-refractivity contribution in [3.63, 3.8) is 0 Å². The zero-order chi connectivity index (χ0) is 15.1. The van der Waals surface area contributed by atoms with Crippen molar-refractivity contribution in [3.8, 4) is 0 Å². The SMILES string of the molecule is Cc1cc(C)c(S(=O)(=O)N2CCCC2(C)C)cc1CN. The van der Waals surface area contributed by atoms with Crippen molar-refractivity contribution in [2.24, 2.45) is 5.73 Å². The summed E-state index contributed by atoms with van der Waals surface area (Å²) in [4.78, 5) is 0.401. The van der Waals surface area contributed by atoms with E-state index in [0.29, 0.717) is 18.0 Å². The van der Waals surface area contributed by atoms with Gasteiger partial charge in [-0.1, -0.05) is 6.07 Å². The van der Waals surface area contributed by atoms with Crippen LogP contribution >= 0.6 is 0 Å². The number of benzene rings is 1. The van der Waals surface area contributed by atoms with Crippen molar-refractivity contribution in [1.82, 2.24) is 4.31 Å². The van der Waals surface area contributed by atoms with Crippen molar-refractivity contribution in [1.29, 1.82) is 0 Å². The molecule has 0 unspecified atom stereocenters. The standard InChI is InChI=1S/C15H24N2O2S/c1-11-8-12(2)14(9-13(11)10-16)20(18,19)17-7-5-6-15(17,3)4/h8-9H,5-7,10,16H2,1-4H3. The third-order valence-electron chi connectivity index (χ3n) is 4.25. The minimum atomic E-state index is -3.45. The van der Waals surface area contributed by atoms with Gasteiger partial charge in [-0.05, 0) is 63.3 Å². The summed E-state index contributed by atoms with van der Waals surface area (Å²) in [6.07, 6.45) is 1.82. The van der Waals surface area contributed by atoms with Crippen molar-refractivity contribution >= 4 is 10.0 Å². The van der Waals surface area contributed by atoms with Gasteiger partial charge >= 0.3 is 0 Å². The topological polar surface area (TPSA) is 63.4 Å². The Hall–Kier alpha value is -0.910. The minimum Gasteiger partial charge on any atom is -0.326 e. The summed E-state index contributed by atoms with van der Waals surface area (Å²) in [7, 11) is -3.45. The second-order valence-corrected chi connectivity index (χ2v) is 8.07. The number of sulfonamides is 1. The summed E-state index contributed by atoms with van der Waals surface area (Å²) in [5.74, 6) is 0. The van der Waals surface area contributed by atoms with E-state index in [-0.39, 0.29) is 5.54 Å². The van der Waals surface area contributed by atoms with Gasteiger partial charge in [-0.3, -0.25) is 0 Å². The summed E-state index contributed by atoms with van der Waals surface area (Å²) in [5, 5.41) is 0. The number of aryl methyl sites for hydroxylation is 2. The number of hydrogen-bond donors (Lipinski definition) is 1. The number of nitrogens with two attached hydrogens (primary N) is 1. The highest BCUT2D eigenvalue weighted by atomic mass is 32.2. The Kier molecular flexibility index (Phi) is 3.97. The molecule has 0 aliphatic carbocycles. The molecule has 1 fully saturated rings. The van der Waals surface area contributed by atoms with E-state index in [9.17, 15) is 8.42 Å². The molecule has 1 aliphatic rings. The third kappa shape index (κ3) is 2.50. The highest BCUT2D eigenvalue weighted by molar-refractivity contribution is 7.89. The van der Waals surface area contributed by atoms with E-state index in [1.807, 2.05) is 33.8 Å². The molecular weight excluding hydrogens is 272 g/mol. The van der Waals surface area contributed by atoms with Gasteiger partial charge in [0, 0.05) is 18.6 Å². The fourth-order valence-corrected chi connectivity index (χ4v) is 5.13. The Morgan fingerprint density at radius 2 is 1.90 bits per heavy atom. The molecule has 0 bridgehead atoms. The second kappa shape index (κ2) is 5.13. The summed E-state index contributed by atoms with van der Waals surface area (Å²) >= 11 is 0. The van der Waals surface area contributed by atoms with Crippen molar-refractivity contribution in [3.05, 3.63) is 28.8 Å². The quantitative estimate of drug-likeness (QED) is 0.931. The maximum Gasteiger partial charge on any atom is 0.243 e. The monoisotopic (exact) mass is 296 g/mol. The lowest BCUT2D eigenvalue weighted by molar-refractivity contribution is 0.291. The van der Waals surface area contributed by atoms with E-state index in [1.54, 1.807) is 10.4 Å². The van der Waals surface area contributed by atoms with Crippen LogP contribution in [-0.4, -0.2) is 24.8 Å². The predicted octanol–water partition coefficient (Wildman–Crippen LogP) is 2.33. The van der Waals surface area contributed by atoms with Crippen LogP contribution in [0.15, 0.2) is 17.0 Å². The fourth-order valence-electron chi connectivity index (χ4n) is 3.02. The molecule has 5 heteroatoms. The largest absolute Gasteiger partial charge is 0.326 e. The molecule has 1 heterocycles. The smallest absolute Gasteiger partial charge is 0.243 e. The maximum atomic E-state index is 12.9. The second-order valence-electron chi connectivity index (χ2n) is 6.24. The molecule has 1 aromatic rings. The van der Waals surface area contributed by atoms with Gasteiger partial charge in [-0.15, -0.1) is 0 Å². The average Bonchev–Trinajstić information content (AvgIpc) is 2.69. The van der Waals surface area contributed by atoms with Crippen molar-refractivity contribution in [2.45, 2.75) is 57.5 Å². The summed E-state index contributed by atoms with van der Waals surface area (Å²) in [5.41, 5.74) is 8.14. The van der Waals surface area contributed by atoms with Crippen molar-refractivity contribution < 1.29 is 8.42 Å². The maximum absolute atomic E-state index is 12.9. The van der Waals surface area contributed by atoms with E-state index >= 15 is 0 Å². The van der Waals surface area contributed by atoms with Crippen LogP contribution in [0.25, 0.3) is 0 Å². The molecule has 2 N–H and O–H groups in total. The molecule has 20 heavy (non-hydrogen) atoms. The lowest BCUT2D eigenvalue weighted by Crippen LogP contribution is -2.42. The highest BCUT2D eigenvalue weighted by Gasteiger charge is 2.41. The van der Waals surface area contributed by atoms with Crippen LogP contribution in [0.2, 0.25) is 0 Å². The van der Waals surface area contributed by atoms with Crippen LogP contribution in [0.3, 0.4) is 0 Å². The van der Waals surface area contributed by atoms with Crippen molar-refractivity contribution in [2.75, 3.05) is 6.54 Å². The molecule has 112 valence electrons. The Labute approximate surface area is 122 Å². The van der Waals surface area contributed by atoms with Gasteiger partial charge in [0.2, 0.25) is 10.0 Å². The summed E-state index contributed by atoms with van der Waals surface area (Å²) in [6, 6.07) is 3.66. The first-order valence-corrected chi connectivity index (χ1v) is 8.47. The number of rotatable bonds is 3. The third-order valence-corrected chi connectivity index (χ3v) is 6.50. The van der Waals surface area contributed by atoms with E-state index in [4.69, 9.17) is 5.73 Å². The number of hydrogen-bond acceptors (Lipinski definition) is 3. The first kappa shape index (κ1) is 15.5. The van der Waals surface area contributed by atoms with Gasteiger partial charge < -0.3 is 5.73 Å². The van der Waals surface area contributed by atoms with Gasteiger partial charge in [0.1, 0.15) is 0 Å². The van der Waals surface area contributed by atoms with E-state index < -0.39 is 10.0 Å². The molecule has 1 aliphatic heterocycles. The number of nitrogens with zero attached hydrogens (tertiary/aromatic N) is 1. The molecule has 4 nitrogen and oxygen atoms in total. The van der Waals surface area contributed by atoms with E-state index in [0.717, 1.165) is 29.5 Å². The Morgan fingerprint density at radius 3 is 2.40 bits per heavy atom. The molecule has 0 saturated carbocycles. The highest BCUT2D eigenvalue weighted by Crippen LogP contribution is 2.35. The molecule has 0 radical (unpaired) electrons.